The Morgan fingerprint density at radius 2 is 1.96 bits per heavy atom. The SMILES string of the molecule is O=[N+]([O-])c1ccccc1CNc1nc2cc3c(cc2[nH]1)OCCO3. The van der Waals surface area contributed by atoms with Gasteiger partial charge in [0, 0.05) is 30.3 Å². The molecule has 8 nitrogen and oxygen atoms in total. The number of anilines is 1. The van der Waals surface area contributed by atoms with Gasteiger partial charge in [0.2, 0.25) is 5.95 Å². The number of aromatic nitrogens is 2. The number of nitrogens with zero attached hydrogens (tertiary/aromatic N) is 2. The molecule has 0 saturated heterocycles. The fourth-order valence-electron chi connectivity index (χ4n) is 2.65. The number of benzene rings is 2. The molecule has 0 fully saturated rings. The number of H-pyrrole nitrogens is 1. The van der Waals surface area contributed by atoms with Crippen LogP contribution in [0.1, 0.15) is 5.56 Å². The molecule has 0 unspecified atom stereocenters. The van der Waals surface area contributed by atoms with Crippen molar-refractivity contribution >= 4 is 22.7 Å². The van der Waals surface area contributed by atoms with E-state index in [0.717, 1.165) is 11.0 Å². The summed E-state index contributed by atoms with van der Waals surface area (Å²) in [6, 6.07) is 10.3. The molecule has 2 N–H and O–H groups in total. The molecule has 24 heavy (non-hydrogen) atoms. The van der Waals surface area contributed by atoms with Crippen molar-refractivity contribution in [3.8, 4) is 11.5 Å². The largest absolute Gasteiger partial charge is 0.486 e. The summed E-state index contributed by atoms with van der Waals surface area (Å²) in [5.41, 5.74) is 2.22. The van der Waals surface area contributed by atoms with Gasteiger partial charge in [-0.05, 0) is 0 Å². The number of nitro groups is 1. The van der Waals surface area contributed by atoms with Crippen LogP contribution in [0.25, 0.3) is 11.0 Å². The van der Waals surface area contributed by atoms with Crippen LogP contribution in [0.3, 0.4) is 0 Å². The molecule has 0 atom stereocenters. The highest BCUT2D eigenvalue weighted by Crippen LogP contribution is 2.34. The summed E-state index contributed by atoms with van der Waals surface area (Å²) in [5, 5.41) is 14.1. The van der Waals surface area contributed by atoms with Crippen LogP contribution in [-0.4, -0.2) is 28.1 Å². The minimum Gasteiger partial charge on any atom is -0.486 e. The van der Waals surface area contributed by atoms with E-state index < -0.39 is 4.92 Å². The molecule has 0 bridgehead atoms. The van der Waals surface area contributed by atoms with Gasteiger partial charge in [0.15, 0.2) is 11.5 Å². The topological polar surface area (TPSA) is 102 Å². The van der Waals surface area contributed by atoms with E-state index in [1.165, 1.54) is 6.07 Å². The van der Waals surface area contributed by atoms with Crippen LogP contribution in [0.4, 0.5) is 11.6 Å². The normalized spacial score (nSPS) is 13.0. The first-order valence-electron chi connectivity index (χ1n) is 7.46. The second-order valence-corrected chi connectivity index (χ2v) is 5.34. The van der Waals surface area contributed by atoms with Gasteiger partial charge in [0.05, 0.1) is 16.0 Å². The van der Waals surface area contributed by atoms with Gasteiger partial charge in [-0.25, -0.2) is 4.98 Å². The Hall–Kier alpha value is -3.29. The molecule has 1 aliphatic rings. The highest BCUT2D eigenvalue weighted by Gasteiger charge is 2.16. The van der Waals surface area contributed by atoms with Crippen LogP contribution in [0, 0.1) is 10.1 Å². The third kappa shape index (κ3) is 2.58. The highest BCUT2D eigenvalue weighted by molar-refractivity contribution is 5.81. The molecule has 1 aromatic heterocycles. The molecule has 3 aromatic rings. The number of hydrogen-bond donors (Lipinski definition) is 2. The number of imidazole rings is 1. The number of para-hydroxylation sites is 1. The minimum atomic E-state index is -0.390. The minimum absolute atomic E-state index is 0.0818. The number of rotatable bonds is 4. The van der Waals surface area contributed by atoms with Gasteiger partial charge in [0.1, 0.15) is 13.2 Å². The van der Waals surface area contributed by atoms with E-state index in [4.69, 9.17) is 9.47 Å². The predicted octanol–water partition coefficient (Wildman–Crippen LogP) is 2.85. The Morgan fingerprint density at radius 3 is 2.75 bits per heavy atom. The molecular weight excluding hydrogens is 312 g/mol. The molecule has 0 spiro atoms. The summed E-state index contributed by atoms with van der Waals surface area (Å²) in [4.78, 5) is 18.2. The number of aromatic amines is 1. The Balaban J connectivity index is 1.58. The van der Waals surface area contributed by atoms with Gasteiger partial charge in [-0.3, -0.25) is 10.1 Å². The number of ether oxygens (including phenoxy) is 2. The number of nitro benzene ring substituents is 1. The molecule has 0 radical (unpaired) electrons. The third-order valence-electron chi connectivity index (χ3n) is 3.78. The van der Waals surface area contributed by atoms with E-state index >= 15 is 0 Å². The van der Waals surface area contributed by atoms with Crippen molar-refractivity contribution in [1.82, 2.24) is 9.97 Å². The van der Waals surface area contributed by atoms with Gasteiger partial charge in [-0.2, -0.15) is 0 Å². The van der Waals surface area contributed by atoms with E-state index in [-0.39, 0.29) is 5.69 Å². The average molecular weight is 326 g/mol. The highest BCUT2D eigenvalue weighted by atomic mass is 16.6. The molecule has 0 saturated carbocycles. The smallest absolute Gasteiger partial charge is 0.274 e. The maximum atomic E-state index is 11.0. The molecule has 0 aliphatic carbocycles. The lowest BCUT2D eigenvalue weighted by molar-refractivity contribution is -0.385. The van der Waals surface area contributed by atoms with Crippen molar-refractivity contribution in [3.63, 3.8) is 0 Å². The first kappa shape index (κ1) is 14.3. The van der Waals surface area contributed by atoms with Gasteiger partial charge < -0.3 is 19.8 Å². The molecule has 1 aliphatic heterocycles. The standard InChI is InChI=1S/C16H14N4O4/c21-20(22)13-4-2-1-3-10(13)9-17-16-18-11-7-14-15(8-12(11)19-16)24-6-5-23-14/h1-4,7-8H,5-6,9H2,(H2,17,18,19). The van der Waals surface area contributed by atoms with E-state index in [1.807, 2.05) is 12.1 Å². The summed E-state index contributed by atoms with van der Waals surface area (Å²) in [7, 11) is 0. The van der Waals surface area contributed by atoms with Crippen molar-refractivity contribution in [2.24, 2.45) is 0 Å². The second kappa shape index (κ2) is 5.73. The van der Waals surface area contributed by atoms with Gasteiger partial charge in [-0.1, -0.05) is 18.2 Å². The Bertz CT molecular complexity index is 879. The van der Waals surface area contributed by atoms with Crippen molar-refractivity contribution in [3.05, 3.63) is 52.1 Å². The van der Waals surface area contributed by atoms with Crippen LogP contribution in [0.5, 0.6) is 11.5 Å². The predicted molar refractivity (Wildman–Crippen MR) is 87.5 cm³/mol. The fraction of sp³-hybridized carbons (Fsp3) is 0.188. The van der Waals surface area contributed by atoms with Crippen LogP contribution < -0.4 is 14.8 Å². The Labute approximate surface area is 136 Å². The summed E-state index contributed by atoms with van der Waals surface area (Å²) in [6.45, 7) is 1.34. The van der Waals surface area contributed by atoms with Gasteiger partial charge in [-0.15, -0.1) is 0 Å². The first-order chi connectivity index (χ1) is 11.7. The summed E-state index contributed by atoms with van der Waals surface area (Å²) < 4.78 is 11.1. The molecule has 8 heteroatoms. The summed E-state index contributed by atoms with van der Waals surface area (Å²) in [5.74, 6) is 1.89. The van der Waals surface area contributed by atoms with Crippen molar-refractivity contribution in [2.45, 2.75) is 6.54 Å². The van der Waals surface area contributed by atoms with Crippen molar-refractivity contribution < 1.29 is 14.4 Å². The Morgan fingerprint density at radius 1 is 1.21 bits per heavy atom. The molecule has 122 valence electrons. The first-order valence-corrected chi connectivity index (χ1v) is 7.46. The van der Waals surface area contributed by atoms with Crippen LogP contribution in [0.15, 0.2) is 36.4 Å². The second-order valence-electron chi connectivity index (χ2n) is 5.34. The zero-order chi connectivity index (χ0) is 16.5. The molecule has 0 amide bonds. The fourth-order valence-corrected chi connectivity index (χ4v) is 2.65. The van der Waals surface area contributed by atoms with E-state index in [2.05, 4.69) is 15.3 Å². The van der Waals surface area contributed by atoms with Crippen LogP contribution in [0.2, 0.25) is 0 Å². The average Bonchev–Trinajstić information content (AvgIpc) is 2.99. The van der Waals surface area contributed by atoms with E-state index in [1.54, 1.807) is 18.2 Å². The van der Waals surface area contributed by atoms with Crippen LogP contribution >= 0.6 is 0 Å². The quantitative estimate of drug-likeness (QED) is 0.564. The van der Waals surface area contributed by atoms with Crippen molar-refractivity contribution in [2.75, 3.05) is 18.5 Å². The zero-order valence-electron chi connectivity index (χ0n) is 12.6. The molecule has 4 rings (SSSR count). The molecule has 2 aromatic carbocycles. The monoisotopic (exact) mass is 326 g/mol. The lowest BCUT2D eigenvalue weighted by atomic mass is 10.2. The number of hydrogen-bond acceptors (Lipinski definition) is 6. The third-order valence-corrected chi connectivity index (χ3v) is 3.78. The molecular formula is C16H14N4O4. The van der Waals surface area contributed by atoms with E-state index in [9.17, 15) is 10.1 Å². The zero-order valence-corrected chi connectivity index (χ0v) is 12.6. The summed E-state index contributed by atoms with van der Waals surface area (Å²) >= 11 is 0. The Kier molecular flexibility index (Phi) is 3.42. The maximum Gasteiger partial charge on any atom is 0.274 e. The van der Waals surface area contributed by atoms with Gasteiger partial charge >= 0.3 is 0 Å². The lowest BCUT2D eigenvalue weighted by Crippen LogP contribution is -2.15. The lowest BCUT2D eigenvalue weighted by Gasteiger charge is -2.17. The number of fused-ring (bicyclic) bond motifs is 2. The number of nitrogens with one attached hydrogen (secondary N) is 2. The van der Waals surface area contributed by atoms with Crippen molar-refractivity contribution in [1.29, 1.82) is 0 Å². The van der Waals surface area contributed by atoms with Gasteiger partial charge in [0.25, 0.3) is 5.69 Å². The van der Waals surface area contributed by atoms with E-state index in [0.29, 0.717) is 42.8 Å². The maximum absolute atomic E-state index is 11.0. The van der Waals surface area contributed by atoms with Crippen LogP contribution in [-0.2, 0) is 6.54 Å². The molecule has 2 heterocycles. The summed E-state index contributed by atoms with van der Waals surface area (Å²) in [6.07, 6.45) is 0.